The average molecular weight is 359 g/mol. The van der Waals surface area contributed by atoms with Gasteiger partial charge < -0.3 is 0 Å². The maximum absolute atomic E-state index is 12.2. The first-order valence-electron chi connectivity index (χ1n) is 10.7. The molecule has 146 valence electrons. The number of rotatable bonds is 8. The van der Waals surface area contributed by atoms with Crippen LogP contribution in [0.25, 0.3) is 0 Å². The van der Waals surface area contributed by atoms with Crippen LogP contribution < -0.4 is 0 Å². The van der Waals surface area contributed by atoms with Gasteiger partial charge in [0, 0.05) is 6.42 Å². The molecule has 0 bridgehead atoms. The number of allylic oxidation sites excluding steroid dienone is 2. The second kappa shape index (κ2) is 10.6. The molecule has 0 heterocycles. The maximum Gasteiger partial charge on any atom is 0.389 e. The molecule has 0 amide bonds. The number of hydrogen-bond acceptors (Lipinski definition) is 0. The fraction of sp³-hybridized carbons (Fsp3) is 0.909. The summed E-state index contributed by atoms with van der Waals surface area (Å²) in [4.78, 5) is 0. The third kappa shape index (κ3) is 8.17. The van der Waals surface area contributed by atoms with E-state index in [4.69, 9.17) is 0 Å². The van der Waals surface area contributed by atoms with Crippen LogP contribution in [0.3, 0.4) is 0 Å². The van der Waals surface area contributed by atoms with Gasteiger partial charge in [-0.15, -0.1) is 0 Å². The third-order valence-corrected chi connectivity index (χ3v) is 6.59. The Morgan fingerprint density at radius 1 is 0.840 bits per heavy atom. The van der Waals surface area contributed by atoms with Crippen molar-refractivity contribution in [3.05, 3.63) is 12.2 Å². The summed E-state index contributed by atoms with van der Waals surface area (Å²) < 4.78 is 36.5. The van der Waals surface area contributed by atoms with E-state index < -0.39 is 12.6 Å². The first kappa shape index (κ1) is 20.8. The van der Waals surface area contributed by atoms with E-state index in [0.29, 0.717) is 5.92 Å². The molecule has 2 aliphatic carbocycles. The van der Waals surface area contributed by atoms with Crippen LogP contribution in [-0.4, -0.2) is 6.18 Å². The number of halogens is 3. The Balaban J connectivity index is 1.60. The second-order valence-corrected chi connectivity index (χ2v) is 8.53. The van der Waals surface area contributed by atoms with Gasteiger partial charge in [0.05, 0.1) is 0 Å². The number of hydrogen-bond donors (Lipinski definition) is 0. The van der Waals surface area contributed by atoms with Gasteiger partial charge in [-0.1, -0.05) is 57.6 Å². The summed E-state index contributed by atoms with van der Waals surface area (Å²) in [5.41, 5.74) is 0. The van der Waals surface area contributed by atoms with Crippen molar-refractivity contribution in [3.63, 3.8) is 0 Å². The van der Waals surface area contributed by atoms with Gasteiger partial charge in [0.25, 0.3) is 0 Å². The molecule has 0 spiro atoms. The summed E-state index contributed by atoms with van der Waals surface area (Å²) in [7, 11) is 0. The minimum atomic E-state index is -4.02. The largest absolute Gasteiger partial charge is 0.389 e. The molecule has 0 aromatic heterocycles. The highest BCUT2D eigenvalue weighted by Gasteiger charge is 2.30. The smallest absolute Gasteiger partial charge is 0.171 e. The van der Waals surface area contributed by atoms with Crippen molar-refractivity contribution in [2.75, 3.05) is 0 Å². The van der Waals surface area contributed by atoms with Gasteiger partial charge in [-0.05, 0) is 68.6 Å². The highest BCUT2D eigenvalue weighted by molar-refractivity contribution is 4.92. The van der Waals surface area contributed by atoms with E-state index in [1.165, 1.54) is 77.0 Å². The summed E-state index contributed by atoms with van der Waals surface area (Å²) in [6, 6.07) is 0. The molecule has 0 aromatic carbocycles. The van der Waals surface area contributed by atoms with Crippen molar-refractivity contribution < 1.29 is 13.2 Å². The van der Waals surface area contributed by atoms with Crippen molar-refractivity contribution in [2.45, 2.75) is 103 Å². The Hall–Kier alpha value is -0.470. The van der Waals surface area contributed by atoms with Crippen LogP contribution in [0.5, 0.6) is 0 Å². The van der Waals surface area contributed by atoms with E-state index in [2.05, 4.69) is 13.0 Å². The summed E-state index contributed by atoms with van der Waals surface area (Å²) in [5.74, 6) is 3.32. The van der Waals surface area contributed by atoms with E-state index >= 15 is 0 Å². The Labute approximate surface area is 152 Å². The SMILES string of the molecule is CCCCCC1CCC(C2CCC(C=CCCC(F)(F)F)CC2)CC1. The first-order valence-corrected chi connectivity index (χ1v) is 10.7. The fourth-order valence-corrected chi connectivity index (χ4v) is 4.98. The number of alkyl halides is 3. The van der Waals surface area contributed by atoms with E-state index in [0.717, 1.165) is 17.8 Å². The van der Waals surface area contributed by atoms with Crippen molar-refractivity contribution in [2.24, 2.45) is 23.7 Å². The minimum absolute atomic E-state index is 0.144. The molecule has 0 aromatic rings. The van der Waals surface area contributed by atoms with Gasteiger partial charge in [0.15, 0.2) is 0 Å². The summed E-state index contributed by atoms with van der Waals surface area (Å²) in [6.07, 6.45) is 15.5. The minimum Gasteiger partial charge on any atom is -0.171 e. The highest BCUT2D eigenvalue weighted by atomic mass is 19.4. The Bertz CT molecular complexity index is 369. The maximum atomic E-state index is 12.2. The topological polar surface area (TPSA) is 0 Å². The van der Waals surface area contributed by atoms with E-state index in [9.17, 15) is 13.2 Å². The van der Waals surface area contributed by atoms with Gasteiger partial charge in [0.2, 0.25) is 0 Å². The third-order valence-electron chi connectivity index (χ3n) is 6.59. The first-order chi connectivity index (χ1) is 12.0. The quantitative estimate of drug-likeness (QED) is 0.304. The van der Waals surface area contributed by atoms with Crippen LogP contribution in [0, 0.1) is 23.7 Å². The van der Waals surface area contributed by atoms with Crippen LogP contribution in [-0.2, 0) is 0 Å². The molecule has 0 radical (unpaired) electrons. The molecule has 0 saturated heterocycles. The summed E-state index contributed by atoms with van der Waals surface area (Å²) in [5, 5.41) is 0. The molecule has 3 heteroatoms. The zero-order valence-corrected chi connectivity index (χ0v) is 16.0. The van der Waals surface area contributed by atoms with Crippen molar-refractivity contribution >= 4 is 0 Å². The zero-order valence-electron chi connectivity index (χ0n) is 16.0. The van der Waals surface area contributed by atoms with E-state index in [1.807, 2.05) is 0 Å². The summed E-state index contributed by atoms with van der Waals surface area (Å²) >= 11 is 0. The zero-order chi connectivity index (χ0) is 18.1. The van der Waals surface area contributed by atoms with Gasteiger partial charge in [-0.25, -0.2) is 0 Å². The fourth-order valence-electron chi connectivity index (χ4n) is 4.98. The van der Waals surface area contributed by atoms with Gasteiger partial charge >= 0.3 is 6.18 Å². The van der Waals surface area contributed by atoms with Crippen LogP contribution in [0.1, 0.15) is 96.8 Å². The van der Waals surface area contributed by atoms with Gasteiger partial charge in [-0.2, -0.15) is 13.2 Å². The molecule has 0 atom stereocenters. The van der Waals surface area contributed by atoms with Crippen LogP contribution in [0.4, 0.5) is 13.2 Å². The van der Waals surface area contributed by atoms with Crippen LogP contribution >= 0.6 is 0 Å². The standard InChI is InChI=1S/C22H37F3/c1-2-3-4-7-18-9-13-20(14-10-18)21-15-11-19(12-16-21)8-5-6-17-22(23,24)25/h5,8,18-21H,2-4,6-7,9-17H2,1H3. The number of unbranched alkanes of at least 4 members (excludes halogenated alkanes) is 2. The Morgan fingerprint density at radius 3 is 2.00 bits per heavy atom. The van der Waals surface area contributed by atoms with Crippen LogP contribution in [0.2, 0.25) is 0 Å². The lowest BCUT2D eigenvalue weighted by Gasteiger charge is -2.37. The molecule has 0 unspecified atom stereocenters. The Morgan fingerprint density at radius 2 is 1.44 bits per heavy atom. The second-order valence-electron chi connectivity index (χ2n) is 8.53. The molecule has 25 heavy (non-hydrogen) atoms. The van der Waals surface area contributed by atoms with Crippen LogP contribution in [0.15, 0.2) is 12.2 Å². The predicted molar refractivity (Wildman–Crippen MR) is 99.5 cm³/mol. The van der Waals surface area contributed by atoms with Gasteiger partial charge in [0.1, 0.15) is 0 Å². The molecule has 0 nitrogen and oxygen atoms in total. The van der Waals surface area contributed by atoms with Crippen molar-refractivity contribution in [1.82, 2.24) is 0 Å². The lowest BCUT2D eigenvalue weighted by molar-refractivity contribution is -0.133. The monoisotopic (exact) mass is 358 g/mol. The van der Waals surface area contributed by atoms with Crippen molar-refractivity contribution in [3.8, 4) is 0 Å². The summed E-state index contributed by atoms with van der Waals surface area (Å²) in [6.45, 7) is 2.28. The lowest BCUT2D eigenvalue weighted by atomic mass is 9.68. The molecular formula is C22H37F3. The average Bonchev–Trinajstić information content (AvgIpc) is 2.59. The van der Waals surface area contributed by atoms with E-state index in [1.54, 1.807) is 6.08 Å². The Kier molecular flexibility index (Phi) is 8.85. The van der Waals surface area contributed by atoms with Crippen molar-refractivity contribution in [1.29, 1.82) is 0 Å². The lowest BCUT2D eigenvalue weighted by Crippen LogP contribution is -2.25. The molecule has 2 saturated carbocycles. The molecule has 0 N–H and O–H groups in total. The molecule has 2 fully saturated rings. The molecule has 2 rings (SSSR count). The normalized spacial score (nSPS) is 31.5. The van der Waals surface area contributed by atoms with E-state index in [-0.39, 0.29) is 6.42 Å². The van der Waals surface area contributed by atoms with Gasteiger partial charge in [-0.3, -0.25) is 0 Å². The highest BCUT2D eigenvalue weighted by Crippen LogP contribution is 2.42. The predicted octanol–water partition coefficient (Wildman–Crippen LogP) is 8.08. The molecular weight excluding hydrogens is 321 g/mol. The molecule has 0 aliphatic heterocycles. The molecule has 2 aliphatic rings.